The molecule has 212 valence electrons. The van der Waals surface area contributed by atoms with Gasteiger partial charge in [-0.25, -0.2) is 0 Å². The summed E-state index contributed by atoms with van der Waals surface area (Å²) < 4.78 is 17.1. The molecule has 1 unspecified atom stereocenters. The average molecular weight is 539 g/mol. The third-order valence-electron chi connectivity index (χ3n) is 7.04. The van der Waals surface area contributed by atoms with Gasteiger partial charge >= 0.3 is 0 Å². The smallest absolute Gasteiger partial charge is 0.295 e. The maximum Gasteiger partial charge on any atom is 0.295 e. The lowest BCUT2D eigenvalue weighted by molar-refractivity contribution is -0.140. The Kier molecular flexibility index (Phi) is 11.2. The molecule has 8 nitrogen and oxygen atoms in total. The minimum atomic E-state index is -0.768. The van der Waals surface area contributed by atoms with Gasteiger partial charge in [0.2, 0.25) is 0 Å². The van der Waals surface area contributed by atoms with Crippen molar-refractivity contribution in [3.05, 3.63) is 59.2 Å². The number of benzene rings is 2. The van der Waals surface area contributed by atoms with Crippen molar-refractivity contribution in [2.24, 2.45) is 0 Å². The fraction of sp³-hybridized carbons (Fsp3) is 0.484. The molecule has 1 aliphatic heterocycles. The molecule has 1 heterocycles. The Morgan fingerprint density at radius 3 is 2.28 bits per heavy atom. The molecule has 1 aliphatic rings. The van der Waals surface area contributed by atoms with Crippen LogP contribution >= 0.6 is 0 Å². The van der Waals surface area contributed by atoms with Crippen LogP contribution in [-0.4, -0.2) is 73.1 Å². The van der Waals surface area contributed by atoms with Gasteiger partial charge < -0.3 is 29.1 Å². The summed E-state index contributed by atoms with van der Waals surface area (Å²) >= 11 is 0. The molecule has 0 radical (unpaired) electrons. The van der Waals surface area contributed by atoms with Crippen LogP contribution in [0, 0.1) is 0 Å². The molecule has 1 atom stereocenters. The van der Waals surface area contributed by atoms with Gasteiger partial charge in [0, 0.05) is 18.7 Å². The molecule has 2 aromatic carbocycles. The molecule has 1 amide bonds. The molecule has 0 spiro atoms. The molecule has 0 aliphatic carbocycles. The van der Waals surface area contributed by atoms with Crippen molar-refractivity contribution in [2.45, 2.75) is 53.0 Å². The van der Waals surface area contributed by atoms with Crippen molar-refractivity contribution in [1.29, 1.82) is 0 Å². The average Bonchev–Trinajstić information content (AvgIpc) is 3.21. The van der Waals surface area contributed by atoms with E-state index in [1.54, 1.807) is 36.3 Å². The summed E-state index contributed by atoms with van der Waals surface area (Å²) in [6.07, 6.45) is 3.12. The molecule has 2 aromatic rings. The van der Waals surface area contributed by atoms with Crippen LogP contribution < -0.4 is 14.2 Å². The molecule has 8 heteroatoms. The van der Waals surface area contributed by atoms with Crippen LogP contribution in [0.5, 0.6) is 17.2 Å². The molecule has 1 fully saturated rings. The maximum atomic E-state index is 13.4. The number of rotatable bonds is 15. The first kappa shape index (κ1) is 30.0. The van der Waals surface area contributed by atoms with E-state index >= 15 is 0 Å². The number of methoxy groups -OCH3 is 1. The first-order valence-electron chi connectivity index (χ1n) is 13.9. The van der Waals surface area contributed by atoms with E-state index in [1.165, 1.54) is 0 Å². The highest BCUT2D eigenvalue weighted by Gasteiger charge is 2.46. The van der Waals surface area contributed by atoms with Crippen LogP contribution in [0.1, 0.15) is 64.1 Å². The second kappa shape index (κ2) is 14.6. The quantitative estimate of drug-likeness (QED) is 0.140. The third-order valence-corrected chi connectivity index (χ3v) is 7.04. The zero-order valence-corrected chi connectivity index (χ0v) is 23.9. The number of likely N-dealkylation sites (N-methyl/N-ethyl adjacent to an activating group) is 1. The Morgan fingerprint density at radius 1 is 0.949 bits per heavy atom. The largest absolute Gasteiger partial charge is 0.507 e. The van der Waals surface area contributed by atoms with Crippen LogP contribution in [0.25, 0.3) is 5.76 Å². The lowest BCUT2D eigenvalue weighted by atomic mass is 9.95. The topological polar surface area (TPSA) is 88.5 Å². The van der Waals surface area contributed by atoms with Crippen LogP contribution in [-0.2, 0) is 9.59 Å². The fourth-order valence-electron chi connectivity index (χ4n) is 4.77. The summed E-state index contributed by atoms with van der Waals surface area (Å²) in [5.41, 5.74) is 1.17. The fourth-order valence-corrected chi connectivity index (χ4v) is 4.77. The van der Waals surface area contributed by atoms with Crippen molar-refractivity contribution < 1.29 is 28.9 Å². The molecule has 0 saturated carbocycles. The van der Waals surface area contributed by atoms with Gasteiger partial charge in [-0.15, -0.1) is 0 Å². The van der Waals surface area contributed by atoms with Crippen LogP contribution in [0.2, 0.25) is 0 Å². The molecule has 0 bridgehead atoms. The van der Waals surface area contributed by atoms with E-state index in [9.17, 15) is 14.7 Å². The summed E-state index contributed by atoms with van der Waals surface area (Å²) in [5.74, 6) is 0.242. The number of Topliss-reactive ketones (excluding diaryl/α,β-unsaturated/α-hetero) is 1. The third kappa shape index (κ3) is 7.12. The van der Waals surface area contributed by atoms with Crippen molar-refractivity contribution in [2.75, 3.05) is 46.5 Å². The van der Waals surface area contributed by atoms with Crippen molar-refractivity contribution >= 4 is 17.4 Å². The zero-order valence-electron chi connectivity index (χ0n) is 23.9. The van der Waals surface area contributed by atoms with E-state index in [2.05, 4.69) is 25.7 Å². The molecular weight excluding hydrogens is 496 g/mol. The van der Waals surface area contributed by atoms with Crippen LogP contribution in [0.15, 0.2) is 48.0 Å². The first-order valence-corrected chi connectivity index (χ1v) is 13.9. The van der Waals surface area contributed by atoms with Gasteiger partial charge in [0.25, 0.3) is 11.7 Å². The number of hydrogen-bond donors (Lipinski definition) is 1. The normalized spacial score (nSPS) is 16.7. The van der Waals surface area contributed by atoms with Gasteiger partial charge in [-0.1, -0.05) is 39.7 Å². The number of ketones is 1. The van der Waals surface area contributed by atoms with E-state index < -0.39 is 17.7 Å². The summed E-state index contributed by atoms with van der Waals surface area (Å²) in [7, 11) is 1.56. The number of aliphatic hydroxyl groups is 1. The number of nitrogens with zero attached hydrogens (tertiary/aromatic N) is 2. The Hall–Kier alpha value is -3.52. The predicted octanol–water partition coefficient (Wildman–Crippen LogP) is 5.43. The van der Waals surface area contributed by atoms with Gasteiger partial charge in [-0.05, 0) is 68.4 Å². The van der Waals surface area contributed by atoms with E-state index in [-0.39, 0.29) is 11.3 Å². The summed E-state index contributed by atoms with van der Waals surface area (Å²) in [6.45, 7) is 11.8. The van der Waals surface area contributed by atoms with Gasteiger partial charge in [0.1, 0.15) is 11.5 Å². The van der Waals surface area contributed by atoms with Crippen molar-refractivity contribution in [3.8, 4) is 17.2 Å². The Labute approximate surface area is 232 Å². The highest BCUT2D eigenvalue weighted by molar-refractivity contribution is 6.46. The highest BCUT2D eigenvalue weighted by atomic mass is 16.5. The standard InChI is InChI=1S/C31H42N2O6/c1-6-10-11-20-39-25-17-14-23(21-26(25)38-9-4)28-27(29(34)22-12-15-24(37-5)16-13-22)30(35)31(36)33(28)19-18-32(7-2)8-3/h12-17,21,28,34H,6-11,18-20H2,1-5H3. The lowest BCUT2D eigenvalue weighted by Gasteiger charge is -2.28. The molecule has 1 saturated heterocycles. The summed E-state index contributed by atoms with van der Waals surface area (Å²) in [5, 5.41) is 11.4. The summed E-state index contributed by atoms with van der Waals surface area (Å²) in [6, 6.07) is 11.5. The van der Waals surface area contributed by atoms with E-state index in [4.69, 9.17) is 14.2 Å². The van der Waals surface area contributed by atoms with Gasteiger partial charge in [-0.3, -0.25) is 9.59 Å². The molecule has 1 N–H and O–H groups in total. The minimum absolute atomic E-state index is 0.0591. The van der Waals surface area contributed by atoms with Crippen LogP contribution in [0.4, 0.5) is 0 Å². The highest BCUT2D eigenvalue weighted by Crippen LogP contribution is 2.42. The number of ether oxygens (including phenoxy) is 3. The molecule has 0 aromatic heterocycles. The maximum absolute atomic E-state index is 13.4. The lowest BCUT2D eigenvalue weighted by Crippen LogP contribution is -2.38. The number of carbonyl (C=O) groups excluding carboxylic acids is 2. The van der Waals surface area contributed by atoms with Gasteiger partial charge in [0.05, 0.1) is 31.9 Å². The van der Waals surface area contributed by atoms with E-state index in [0.717, 1.165) is 32.4 Å². The number of likely N-dealkylation sites (tertiary alicyclic amines) is 1. The molecule has 39 heavy (non-hydrogen) atoms. The minimum Gasteiger partial charge on any atom is -0.507 e. The summed E-state index contributed by atoms with van der Waals surface area (Å²) in [4.78, 5) is 30.5. The SMILES string of the molecule is CCCCCOc1ccc(C2C(=C(O)c3ccc(OC)cc3)C(=O)C(=O)N2CCN(CC)CC)cc1OCC. The monoisotopic (exact) mass is 538 g/mol. The molecular formula is C31H42N2O6. The number of hydrogen-bond acceptors (Lipinski definition) is 7. The van der Waals surface area contributed by atoms with Crippen molar-refractivity contribution in [1.82, 2.24) is 9.80 Å². The second-order valence-electron chi connectivity index (χ2n) is 9.44. The molecule has 3 rings (SSSR count). The zero-order chi connectivity index (χ0) is 28.4. The number of amides is 1. The predicted molar refractivity (Wildman–Crippen MR) is 152 cm³/mol. The van der Waals surface area contributed by atoms with E-state index in [0.29, 0.717) is 54.7 Å². The van der Waals surface area contributed by atoms with E-state index in [1.807, 2.05) is 25.1 Å². The van der Waals surface area contributed by atoms with Crippen molar-refractivity contribution in [3.63, 3.8) is 0 Å². The first-order chi connectivity index (χ1) is 18.9. The Balaban J connectivity index is 2.08. The van der Waals surface area contributed by atoms with Gasteiger partial charge in [0.15, 0.2) is 11.5 Å². The Bertz CT molecular complexity index is 1140. The van der Waals surface area contributed by atoms with Gasteiger partial charge in [-0.2, -0.15) is 0 Å². The second-order valence-corrected chi connectivity index (χ2v) is 9.44. The number of carbonyl (C=O) groups is 2. The number of unbranched alkanes of at least 4 members (excludes halogenated alkanes) is 2. The van der Waals surface area contributed by atoms with Crippen LogP contribution in [0.3, 0.4) is 0 Å². The number of aliphatic hydroxyl groups excluding tert-OH is 1. The Morgan fingerprint density at radius 2 is 1.67 bits per heavy atom.